The Morgan fingerprint density at radius 2 is 1.57 bits per heavy atom. The summed E-state index contributed by atoms with van der Waals surface area (Å²) >= 11 is 0. The van der Waals surface area contributed by atoms with Gasteiger partial charge in [-0.15, -0.1) is 0 Å². The van der Waals surface area contributed by atoms with Crippen molar-refractivity contribution in [1.29, 1.82) is 0 Å². The molecule has 2 N–H and O–H groups in total. The van der Waals surface area contributed by atoms with E-state index in [1.165, 1.54) is 0 Å². The van der Waals surface area contributed by atoms with Crippen molar-refractivity contribution >= 4 is 11.0 Å². The number of nitrogens with zero attached hydrogens (tertiary/aromatic N) is 2. The third kappa shape index (κ3) is 4.21. The lowest BCUT2D eigenvalue weighted by atomic mass is 10.0. The highest BCUT2D eigenvalue weighted by Crippen LogP contribution is 2.36. The lowest BCUT2D eigenvalue weighted by Gasteiger charge is -2.21. The number of hydrogen-bond acceptors (Lipinski definition) is 3. The number of halogens is 8. The molecule has 0 bridgehead atoms. The molecule has 0 unspecified atom stereocenters. The topological polar surface area (TPSA) is 83.5 Å². The van der Waals surface area contributed by atoms with E-state index in [0.717, 1.165) is 12.1 Å². The minimum atomic E-state index is -4.89. The average molecular weight is 442 g/mol. The van der Waals surface area contributed by atoms with E-state index in [0.29, 0.717) is 16.8 Å². The predicted octanol–water partition coefficient (Wildman–Crippen LogP) is 3.91. The first-order valence-corrected chi connectivity index (χ1v) is 8.04. The van der Waals surface area contributed by atoms with Crippen molar-refractivity contribution in [2.75, 3.05) is 0 Å². The van der Waals surface area contributed by atoms with Crippen LogP contribution in [0.15, 0.2) is 33.9 Å². The first-order chi connectivity index (χ1) is 13.8. The number of alkyl halides is 8. The van der Waals surface area contributed by atoms with Crippen LogP contribution in [0.25, 0.3) is 11.0 Å². The van der Waals surface area contributed by atoms with E-state index in [-0.39, 0.29) is 5.56 Å². The van der Waals surface area contributed by atoms with E-state index < -0.39 is 64.8 Å². The van der Waals surface area contributed by atoms with Gasteiger partial charge in [0.05, 0.1) is 18.0 Å². The maximum Gasteiger partial charge on any atom is 0.416 e. The lowest BCUT2D eigenvalue weighted by molar-refractivity contribution is -0.141. The van der Waals surface area contributed by atoms with E-state index in [1.807, 2.05) is 4.98 Å². The van der Waals surface area contributed by atoms with Crippen molar-refractivity contribution in [3.05, 3.63) is 61.9 Å². The molecule has 0 saturated carbocycles. The van der Waals surface area contributed by atoms with Gasteiger partial charge < -0.3 is 0 Å². The van der Waals surface area contributed by atoms with Crippen molar-refractivity contribution in [1.82, 2.24) is 19.7 Å². The molecule has 6 nitrogen and oxygen atoms in total. The average Bonchev–Trinajstić information content (AvgIpc) is 2.98. The van der Waals surface area contributed by atoms with E-state index in [4.69, 9.17) is 0 Å². The molecule has 2 aromatic heterocycles. The van der Waals surface area contributed by atoms with Gasteiger partial charge in [-0.1, -0.05) is 12.1 Å². The second-order valence-corrected chi connectivity index (χ2v) is 6.22. The molecule has 162 valence electrons. The molecule has 1 atom stereocenters. The predicted molar refractivity (Wildman–Crippen MR) is 86.2 cm³/mol. The Labute approximate surface area is 160 Å². The number of rotatable bonds is 4. The van der Waals surface area contributed by atoms with Crippen LogP contribution in [0.3, 0.4) is 0 Å². The van der Waals surface area contributed by atoms with Crippen LogP contribution in [0, 0.1) is 0 Å². The van der Waals surface area contributed by atoms with Crippen molar-refractivity contribution in [2.45, 2.75) is 31.2 Å². The second kappa shape index (κ2) is 7.25. The number of benzene rings is 1. The van der Waals surface area contributed by atoms with E-state index >= 15 is 0 Å². The highest BCUT2D eigenvalue weighted by molar-refractivity contribution is 5.77. The first-order valence-electron chi connectivity index (χ1n) is 8.04. The van der Waals surface area contributed by atoms with E-state index in [2.05, 4.69) is 5.10 Å². The molecule has 0 aliphatic carbocycles. The van der Waals surface area contributed by atoms with Gasteiger partial charge in [0.2, 0.25) is 0 Å². The van der Waals surface area contributed by atoms with Crippen molar-refractivity contribution in [3.63, 3.8) is 0 Å². The minimum absolute atomic E-state index is 0.355. The third-order valence-corrected chi connectivity index (χ3v) is 4.17. The van der Waals surface area contributed by atoms with Crippen molar-refractivity contribution in [2.24, 2.45) is 0 Å². The number of nitrogens with one attached hydrogen (secondary N) is 2. The Kier molecular flexibility index (Phi) is 5.20. The smallest absolute Gasteiger partial charge is 0.291 e. The second-order valence-electron chi connectivity index (χ2n) is 6.22. The van der Waals surface area contributed by atoms with Crippen molar-refractivity contribution in [3.8, 4) is 0 Å². The summed E-state index contributed by atoms with van der Waals surface area (Å²) in [5.74, 6) is 0. The van der Waals surface area contributed by atoms with Gasteiger partial charge in [-0.2, -0.15) is 31.4 Å². The number of aromatic nitrogens is 4. The molecule has 3 rings (SSSR count). The highest BCUT2D eigenvalue weighted by atomic mass is 19.4. The van der Waals surface area contributed by atoms with Crippen LogP contribution in [0.2, 0.25) is 0 Å². The summed E-state index contributed by atoms with van der Waals surface area (Å²) in [6.07, 6.45) is -14.7. The zero-order valence-corrected chi connectivity index (χ0v) is 14.4. The van der Waals surface area contributed by atoms with Gasteiger partial charge in [0.15, 0.2) is 0 Å². The molecule has 0 radical (unpaired) electrons. The number of hydrogen-bond donors (Lipinski definition) is 2. The SMILES string of the molecule is O=c1[nH]c(=O)c2c(C(F)F)nn([C@@H](CC(F)(F)F)c3ccc(C(F)(F)F)cc3)c2[nH]1. The molecule has 0 aliphatic heterocycles. The molecule has 0 fully saturated rings. The van der Waals surface area contributed by atoms with E-state index in [9.17, 15) is 44.7 Å². The van der Waals surface area contributed by atoms with Gasteiger partial charge in [0.25, 0.3) is 12.0 Å². The van der Waals surface area contributed by atoms with Gasteiger partial charge in [-0.25, -0.2) is 18.3 Å². The Balaban J connectivity index is 2.26. The van der Waals surface area contributed by atoms with Crippen LogP contribution >= 0.6 is 0 Å². The van der Waals surface area contributed by atoms with E-state index in [1.54, 1.807) is 4.98 Å². The standard InChI is InChI=1S/C16H10F8N4O2/c17-11(18)10-9-12(25-14(30)26-13(9)29)28(27-10)8(5-15(19,20)21)6-1-3-7(4-2-6)16(22,23)24/h1-4,8,11H,5H2,(H2,25,26,29,30)/t8-/m0/s1. The molecule has 3 aromatic rings. The van der Waals surface area contributed by atoms with Crippen LogP contribution in [0.1, 0.15) is 35.7 Å². The summed E-state index contributed by atoms with van der Waals surface area (Å²) < 4.78 is 105. The van der Waals surface area contributed by atoms with Gasteiger partial charge in [0, 0.05) is 0 Å². The lowest BCUT2D eigenvalue weighted by Crippen LogP contribution is -2.25. The molecular formula is C16H10F8N4O2. The molecule has 2 heterocycles. The quantitative estimate of drug-likeness (QED) is 0.601. The summed E-state index contributed by atoms with van der Waals surface area (Å²) in [6.45, 7) is 0. The Bertz CT molecular complexity index is 1170. The number of aromatic amines is 2. The molecular weight excluding hydrogens is 432 g/mol. The maximum atomic E-state index is 13.3. The molecule has 0 amide bonds. The largest absolute Gasteiger partial charge is 0.416 e. The fourth-order valence-electron chi connectivity index (χ4n) is 2.94. The molecule has 0 spiro atoms. The van der Waals surface area contributed by atoms with Crippen LogP contribution in [-0.4, -0.2) is 25.9 Å². The fraction of sp³-hybridized carbons (Fsp3) is 0.312. The Morgan fingerprint density at radius 3 is 2.07 bits per heavy atom. The summed E-state index contributed by atoms with van der Waals surface area (Å²) in [5.41, 5.74) is -5.87. The van der Waals surface area contributed by atoms with Crippen molar-refractivity contribution < 1.29 is 35.1 Å². The van der Waals surface area contributed by atoms with Crippen LogP contribution in [0.5, 0.6) is 0 Å². The number of H-pyrrole nitrogens is 2. The molecule has 0 aliphatic rings. The molecule has 30 heavy (non-hydrogen) atoms. The molecule has 14 heteroatoms. The Hall–Kier alpha value is -3.19. The number of fused-ring (bicyclic) bond motifs is 1. The third-order valence-electron chi connectivity index (χ3n) is 4.17. The van der Waals surface area contributed by atoms with Crippen LogP contribution in [-0.2, 0) is 6.18 Å². The monoisotopic (exact) mass is 442 g/mol. The zero-order valence-electron chi connectivity index (χ0n) is 14.4. The molecule has 0 saturated heterocycles. The maximum absolute atomic E-state index is 13.3. The van der Waals surface area contributed by atoms with Gasteiger partial charge in [-0.3, -0.25) is 14.8 Å². The van der Waals surface area contributed by atoms with Crippen LogP contribution in [0.4, 0.5) is 35.1 Å². The highest BCUT2D eigenvalue weighted by Gasteiger charge is 2.37. The first kappa shape index (κ1) is 21.5. The summed E-state index contributed by atoms with van der Waals surface area (Å²) in [6, 6.07) is 0.585. The summed E-state index contributed by atoms with van der Waals surface area (Å²) in [4.78, 5) is 27.1. The minimum Gasteiger partial charge on any atom is -0.291 e. The van der Waals surface area contributed by atoms with Gasteiger partial charge in [-0.05, 0) is 17.7 Å². The van der Waals surface area contributed by atoms with Gasteiger partial charge >= 0.3 is 18.0 Å². The Morgan fingerprint density at radius 1 is 0.967 bits per heavy atom. The zero-order chi connectivity index (χ0) is 22.4. The summed E-state index contributed by atoms with van der Waals surface area (Å²) in [7, 11) is 0. The fourth-order valence-corrected chi connectivity index (χ4v) is 2.94. The normalized spacial score (nSPS) is 13.9. The van der Waals surface area contributed by atoms with Gasteiger partial charge in [0.1, 0.15) is 16.7 Å². The van der Waals surface area contributed by atoms with Crippen LogP contribution < -0.4 is 11.2 Å². The summed E-state index contributed by atoms with van der Waals surface area (Å²) in [5, 5.41) is 2.55. The molecule has 1 aromatic carbocycles.